The minimum Gasteiger partial charge on any atom is -0.343 e. The Kier molecular flexibility index (Phi) is 5.50. The maximum Gasteiger partial charge on any atom is 0.224 e. The molecule has 3 heterocycles. The first-order valence-corrected chi connectivity index (χ1v) is 9.24. The van der Waals surface area contributed by atoms with E-state index in [0.29, 0.717) is 18.9 Å². The van der Waals surface area contributed by atoms with Crippen LogP contribution in [-0.4, -0.2) is 48.9 Å². The summed E-state index contributed by atoms with van der Waals surface area (Å²) >= 11 is 0. The lowest BCUT2D eigenvalue weighted by atomic mass is 9.93. The Hall–Kier alpha value is -2.18. The van der Waals surface area contributed by atoms with Crippen molar-refractivity contribution >= 4 is 5.91 Å². The minimum absolute atomic E-state index is 0.235. The molecule has 2 aromatic heterocycles. The van der Waals surface area contributed by atoms with Crippen molar-refractivity contribution in [1.82, 2.24) is 29.9 Å². The van der Waals surface area contributed by atoms with Crippen molar-refractivity contribution in [3.05, 3.63) is 29.1 Å². The normalized spacial score (nSPS) is 15.7. The summed E-state index contributed by atoms with van der Waals surface area (Å²) < 4.78 is 1.93. The van der Waals surface area contributed by atoms with E-state index in [1.54, 1.807) is 0 Å². The van der Waals surface area contributed by atoms with Crippen LogP contribution in [0.3, 0.4) is 0 Å². The van der Waals surface area contributed by atoms with Gasteiger partial charge in [-0.05, 0) is 38.7 Å². The van der Waals surface area contributed by atoms with Gasteiger partial charge >= 0.3 is 0 Å². The third-order valence-electron chi connectivity index (χ3n) is 4.98. The molecule has 7 heteroatoms. The van der Waals surface area contributed by atoms with Gasteiger partial charge in [0.1, 0.15) is 11.6 Å². The number of amides is 1. The van der Waals surface area contributed by atoms with E-state index in [0.717, 1.165) is 61.8 Å². The monoisotopic (exact) mass is 344 g/mol. The van der Waals surface area contributed by atoms with Gasteiger partial charge in [-0.2, -0.15) is 10.2 Å². The van der Waals surface area contributed by atoms with Crippen LogP contribution in [-0.2, 0) is 24.2 Å². The standard InChI is InChI=1S/C18H28N6O/c1-4-16-19-17(21-20-16)12-15-5-8-23(9-6-15)18(25)7-10-24-14(3)11-13(2)22-24/h11,15H,4-10,12H2,1-3H3,(H,19,20,21). The fraction of sp³-hybridized carbons (Fsp3) is 0.667. The molecule has 1 aliphatic rings. The first-order chi connectivity index (χ1) is 12.0. The highest BCUT2D eigenvalue weighted by Crippen LogP contribution is 2.21. The predicted octanol–water partition coefficient (Wildman–Crippen LogP) is 2.05. The fourth-order valence-electron chi connectivity index (χ4n) is 3.51. The molecule has 136 valence electrons. The molecular formula is C18H28N6O. The first kappa shape index (κ1) is 17.6. The van der Waals surface area contributed by atoms with E-state index in [1.165, 1.54) is 0 Å². The van der Waals surface area contributed by atoms with Crippen LogP contribution in [0.15, 0.2) is 6.07 Å². The molecule has 2 aromatic rings. The number of aromatic amines is 1. The summed E-state index contributed by atoms with van der Waals surface area (Å²) in [6, 6.07) is 2.05. The Morgan fingerprint density at radius 3 is 2.68 bits per heavy atom. The zero-order valence-corrected chi connectivity index (χ0v) is 15.5. The van der Waals surface area contributed by atoms with Crippen molar-refractivity contribution in [3.8, 4) is 0 Å². The van der Waals surface area contributed by atoms with Crippen LogP contribution in [0.25, 0.3) is 0 Å². The van der Waals surface area contributed by atoms with Crippen LogP contribution in [0.1, 0.15) is 49.2 Å². The number of hydrogen-bond acceptors (Lipinski definition) is 4. The lowest BCUT2D eigenvalue weighted by Crippen LogP contribution is -2.39. The third kappa shape index (κ3) is 4.46. The molecule has 1 amide bonds. The number of H-pyrrole nitrogens is 1. The van der Waals surface area contributed by atoms with Gasteiger partial charge in [-0.15, -0.1) is 0 Å². The van der Waals surface area contributed by atoms with Gasteiger partial charge in [0.25, 0.3) is 0 Å². The van der Waals surface area contributed by atoms with Gasteiger partial charge in [0.15, 0.2) is 0 Å². The summed E-state index contributed by atoms with van der Waals surface area (Å²) in [7, 11) is 0. The molecule has 0 spiro atoms. The lowest BCUT2D eigenvalue weighted by Gasteiger charge is -2.31. The van der Waals surface area contributed by atoms with Crippen LogP contribution in [0.4, 0.5) is 0 Å². The Labute approximate surface area is 148 Å². The minimum atomic E-state index is 0.235. The highest BCUT2D eigenvalue weighted by atomic mass is 16.2. The molecule has 1 fully saturated rings. The molecule has 0 bridgehead atoms. The quantitative estimate of drug-likeness (QED) is 0.870. The van der Waals surface area contributed by atoms with Crippen molar-refractivity contribution in [2.75, 3.05) is 13.1 Å². The van der Waals surface area contributed by atoms with Gasteiger partial charge in [-0.25, -0.2) is 4.98 Å². The molecule has 1 aliphatic heterocycles. The van der Waals surface area contributed by atoms with Crippen molar-refractivity contribution in [3.63, 3.8) is 0 Å². The Balaban J connectivity index is 1.43. The number of likely N-dealkylation sites (tertiary alicyclic amines) is 1. The van der Waals surface area contributed by atoms with Crippen LogP contribution >= 0.6 is 0 Å². The SMILES string of the molecule is CCc1n[nH]c(CC2CCN(C(=O)CCn3nc(C)cc3C)CC2)n1. The number of hydrogen-bond donors (Lipinski definition) is 1. The van der Waals surface area contributed by atoms with Crippen LogP contribution in [0, 0.1) is 19.8 Å². The molecule has 1 saturated heterocycles. The number of nitrogens with zero attached hydrogens (tertiary/aromatic N) is 5. The maximum atomic E-state index is 12.5. The molecular weight excluding hydrogens is 316 g/mol. The number of piperidine rings is 1. The Morgan fingerprint density at radius 2 is 2.08 bits per heavy atom. The topological polar surface area (TPSA) is 79.7 Å². The maximum absolute atomic E-state index is 12.5. The van der Waals surface area contributed by atoms with Crippen LogP contribution < -0.4 is 0 Å². The zero-order chi connectivity index (χ0) is 17.8. The van der Waals surface area contributed by atoms with Gasteiger partial charge in [-0.3, -0.25) is 14.6 Å². The number of rotatable bonds is 6. The average Bonchev–Trinajstić information content (AvgIpc) is 3.19. The Morgan fingerprint density at radius 1 is 1.32 bits per heavy atom. The fourth-order valence-corrected chi connectivity index (χ4v) is 3.51. The molecule has 7 nitrogen and oxygen atoms in total. The highest BCUT2D eigenvalue weighted by molar-refractivity contribution is 5.76. The largest absolute Gasteiger partial charge is 0.343 e. The van der Waals surface area contributed by atoms with E-state index < -0.39 is 0 Å². The van der Waals surface area contributed by atoms with Crippen molar-refractivity contribution in [1.29, 1.82) is 0 Å². The van der Waals surface area contributed by atoms with E-state index in [1.807, 2.05) is 29.5 Å². The smallest absolute Gasteiger partial charge is 0.224 e. The highest BCUT2D eigenvalue weighted by Gasteiger charge is 2.23. The van der Waals surface area contributed by atoms with Crippen molar-refractivity contribution in [2.24, 2.45) is 5.92 Å². The predicted molar refractivity (Wildman–Crippen MR) is 95.1 cm³/mol. The summed E-state index contributed by atoms with van der Waals surface area (Å²) in [6.45, 7) is 8.42. The number of aryl methyl sites for hydroxylation is 4. The van der Waals surface area contributed by atoms with Gasteiger partial charge in [0.05, 0.1) is 5.69 Å². The second-order valence-electron chi connectivity index (χ2n) is 6.98. The second-order valence-corrected chi connectivity index (χ2v) is 6.98. The number of nitrogens with one attached hydrogen (secondary N) is 1. The second kappa shape index (κ2) is 7.80. The van der Waals surface area contributed by atoms with Gasteiger partial charge in [0, 0.05) is 44.6 Å². The van der Waals surface area contributed by atoms with Crippen molar-refractivity contribution < 1.29 is 4.79 Å². The molecule has 1 N–H and O–H groups in total. The Bertz CT molecular complexity index is 711. The van der Waals surface area contributed by atoms with Crippen LogP contribution in [0.2, 0.25) is 0 Å². The molecule has 0 unspecified atom stereocenters. The summed E-state index contributed by atoms with van der Waals surface area (Å²) in [6.07, 6.45) is 4.38. The van der Waals surface area contributed by atoms with E-state index >= 15 is 0 Å². The lowest BCUT2D eigenvalue weighted by molar-refractivity contribution is -0.132. The summed E-state index contributed by atoms with van der Waals surface area (Å²) in [5, 5.41) is 11.7. The summed E-state index contributed by atoms with van der Waals surface area (Å²) in [5.41, 5.74) is 2.12. The first-order valence-electron chi connectivity index (χ1n) is 9.24. The molecule has 0 aliphatic carbocycles. The zero-order valence-electron chi connectivity index (χ0n) is 15.5. The number of aromatic nitrogens is 5. The molecule has 0 saturated carbocycles. The summed E-state index contributed by atoms with van der Waals surface area (Å²) in [4.78, 5) is 18.9. The molecule has 0 atom stereocenters. The average molecular weight is 344 g/mol. The van der Waals surface area contributed by atoms with E-state index in [-0.39, 0.29) is 5.91 Å². The van der Waals surface area contributed by atoms with E-state index in [4.69, 9.17) is 0 Å². The van der Waals surface area contributed by atoms with Gasteiger partial charge < -0.3 is 4.90 Å². The van der Waals surface area contributed by atoms with E-state index in [9.17, 15) is 4.79 Å². The molecule has 0 radical (unpaired) electrons. The van der Waals surface area contributed by atoms with E-state index in [2.05, 4.69) is 27.2 Å². The van der Waals surface area contributed by atoms with Crippen LogP contribution in [0.5, 0.6) is 0 Å². The van der Waals surface area contributed by atoms with Crippen molar-refractivity contribution in [2.45, 2.75) is 59.4 Å². The number of carbonyl (C=O) groups excluding carboxylic acids is 1. The van der Waals surface area contributed by atoms with Gasteiger partial charge in [-0.1, -0.05) is 6.92 Å². The molecule has 0 aromatic carbocycles. The third-order valence-corrected chi connectivity index (χ3v) is 4.98. The molecule has 25 heavy (non-hydrogen) atoms. The molecule has 3 rings (SSSR count). The number of carbonyl (C=O) groups is 1. The summed E-state index contributed by atoms with van der Waals surface area (Å²) in [5.74, 6) is 2.68. The van der Waals surface area contributed by atoms with Gasteiger partial charge in [0.2, 0.25) is 5.91 Å².